The quantitative estimate of drug-likeness (QED) is 0.913. The highest BCUT2D eigenvalue weighted by Gasteiger charge is 2.24. The van der Waals surface area contributed by atoms with Gasteiger partial charge >= 0.3 is 0 Å². The average Bonchev–Trinajstić information content (AvgIpc) is 3.03. The lowest BCUT2D eigenvalue weighted by Gasteiger charge is -2.06. The fourth-order valence-electron chi connectivity index (χ4n) is 2.89. The van der Waals surface area contributed by atoms with Crippen LogP contribution in [0.25, 0.3) is 4.96 Å². The molecule has 0 aromatic carbocycles. The van der Waals surface area contributed by atoms with Gasteiger partial charge in [0.2, 0.25) is 4.96 Å². The molecule has 0 saturated heterocycles. The highest BCUT2D eigenvalue weighted by Crippen LogP contribution is 2.33. The standard InChI is InChI=1S/C13H21N5S/c1-2-5-10(14)8-11-17-18-12(9-6-3-4-7-9)15-16-13(18)19-11/h9-10H,2-8,14H2,1H3. The van der Waals surface area contributed by atoms with Crippen molar-refractivity contribution in [1.29, 1.82) is 0 Å². The van der Waals surface area contributed by atoms with Crippen LogP contribution in [-0.4, -0.2) is 25.9 Å². The molecule has 3 rings (SSSR count). The lowest BCUT2D eigenvalue weighted by molar-refractivity contribution is 0.589. The molecule has 0 radical (unpaired) electrons. The van der Waals surface area contributed by atoms with Gasteiger partial charge in [-0.15, -0.1) is 10.2 Å². The Labute approximate surface area is 117 Å². The Morgan fingerprint density at radius 3 is 2.89 bits per heavy atom. The van der Waals surface area contributed by atoms with Crippen LogP contribution in [0, 0.1) is 0 Å². The Bertz CT molecular complexity index is 540. The summed E-state index contributed by atoms with van der Waals surface area (Å²) in [5, 5.41) is 14.3. The molecular formula is C13H21N5S. The molecule has 1 aliphatic rings. The summed E-state index contributed by atoms with van der Waals surface area (Å²) in [4.78, 5) is 0.917. The number of aromatic nitrogens is 4. The summed E-state index contributed by atoms with van der Waals surface area (Å²) in [6.07, 6.45) is 8.09. The minimum atomic E-state index is 0.212. The third-order valence-electron chi connectivity index (χ3n) is 3.87. The first-order chi connectivity index (χ1) is 9.28. The Morgan fingerprint density at radius 1 is 1.37 bits per heavy atom. The van der Waals surface area contributed by atoms with Crippen LogP contribution in [0.5, 0.6) is 0 Å². The lowest BCUT2D eigenvalue weighted by Crippen LogP contribution is -2.22. The molecule has 1 aliphatic carbocycles. The molecule has 0 bridgehead atoms. The van der Waals surface area contributed by atoms with Crippen molar-refractivity contribution in [2.24, 2.45) is 5.73 Å². The predicted octanol–water partition coefficient (Wildman–Crippen LogP) is 2.51. The molecule has 2 aromatic rings. The van der Waals surface area contributed by atoms with E-state index in [0.29, 0.717) is 5.92 Å². The van der Waals surface area contributed by atoms with Gasteiger partial charge in [0.25, 0.3) is 0 Å². The average molecular weight is 279 g/mol. The summed E-state index contributed by atoms with van der Waals surface area (Å²) in [6.45, 7) is 2.16. The van der Waals surface area contributed by atoms with Gasteiger partial charge in [-0.2, -0.15) is 9.61 Å². The Balaban J connectivity index is 1.81. The monoisotopic (exact) mass is 279 g/mol. The fourth-order valence-corrected chi connectivity index (χ4v) is 3.82. The van der Waals surface area contributed by atoms with Gasteiger partial charge in [-0.25, -0.2) is 0 Å². The zero-order chi connectivity index (χ0) is 13.2. The summed E-state index contributed by atoms with van der Waals surface area (Å²) in [6, 6.07) is 0.212. The van der Waals surface area contributed by atoms with Crippen molar-refractivity contribution in [1.82, 2.24) is 19.8 Å². The minimum Gasteiger partial charge on any atom is -0.327 e. The Morgan fingerprint density at radius 2 is 2.16 bits per heavy atom. The summed E-state index contributed by atoms with van der Waals surface area (Å²) < 4.78 is 1.95. The van der Waals surface area contributed by atoms with Crippen molar-refractivity contribution in [2.75, 3.05) is 0 Å². The van der Waals surface area contributed by atoms with Gasteiger partial charge in [0, 0.05) is 18.4 Å². The van der Waals surface area contributed by atoms with E-state index in [1.807, 2.05) is 4.52 Å². The molecule has 2 heterocycles. The molecule has 1 unspecified atom stereocenters. The zero-order valence-corrected chi connectivity index (χ0v) is 12.2. The van der Waals surface area contributed by atoms with Crippen LogP contribution in [-0.2, 0) is 6.42 Å². The third kappa shape index (κ3) is 2.65. The van der Waals surface area contributed by atoms with Crippen molar-refractivity contribution in [3.63, 3.8) is 0 Å². The lowest BCUT2D eigenvalue weighted by atomic mass is 10.1. The van der Waals surface area contributed by atoms with E-state index in [4.69, 9.17) is 5.73 Å². The molecule has 1 saturated carbocycles. The maximum atomic E-state index is 6.09. The topological polar surface area (TPSA) is 69.1 Å². The van der Waals surface area contributed by atoms with E-state index in [9.17, 15) is 0 Å². The summed E-state index contributed by atoms with van der Waals surface area (Å²) in [5.41, 5.74) is 6.09. The molecule has 5 nitrogen and oxygen atoms in total. The van der Waals surface area contributed by atoms with E-state index in [0.717, 1.165) is 35.1 Å². The van der Waals surface area contributed by atoms with Gasteiger partial charge < -0.3 is 5.73 Å². The Hall–Kier alpha value is -1.01. The second-order valence-electron chi connectivity index (χ2n) is 5.48. The molecule has 1 atom stereocenters. The molecule has 2 aromatic heterocycles. The maximum Gasteiger partial charge on any atom is 0.234 e. The van der Waals surface area contributed by atoms with Crippen LogP contribution in [0.3, 0.4) is 0 Å². The SMILES string of the molecule is CCCC(N)Cc1nn2c(C3CCCC3)nnc2s1. The minimum absolute atomic E-state index is 0.212. The van der Waals surface area contributed by atoms with Crippen LogP contribution in [0.1, 0.15) is 62.2 Å². The Kier molecular flexibility index (Phi) is 3.79. The highest BCUT2D eigenvalue weighted by atomic mass is 32.1. The molecule has 104 valence electrons. The normalized spacial score (nSPS) is 18.4. The van der Waals surface area contributed by atoms with Crippen molar-refractivity contribution < 1.29 is 0 Å². The van der Waals surface area contributed by atoms with E-state index in [1.54, 1.807) is 11.3 Å². The maximum absolute atomic E-state index is 6.09. The van der Waals surface area contributed by atoms with E-state index in [2.05, 4.69) is 22.2 Å². The van der Waals surface area contributed by atoms with Crippen molar-refractivity contribution in [3.8, 4) is 0 Å². The number of rotatable bonds is 5. The molecule has 2 N–H and O–H groups in total. The molecular weight excluding hydrogens is 258 g/mol. The van der Waals surface area contributed by atoms with Gasteiger partial charge in [-0.3, -0.25) is 0 Å². The van der Waals surface area contributed by atoms with Gasteiger partial charge in [0.1, 0.15) is 5.01 Å². The molecule has 6 heteroatoms. The zero-order valence-electron chi connectivity index (χ0n) is 11.4. The van der Waals surface area contributed by atoms with Gasteiger partial charge in [-0.05, 0) is 19.3 Å². The molecule has 0 amide bonds. The second kappa shape index (κ2) is 5.54. The fraction of sp³-hybridized carbons (Fsp3) is 0.769. The highest BCUT2D eigenvalue weighted by molar-refractivity contribution is 7.16. The van der Waals surface area contributed by atoms with Crippen LogP contribution in [0.15, 0.2) is 0 Å². The molecule has 1 fully saturated rings. The first-order valence-electron chi connectivity index (χ1n) is 7.24. The van der Waals surface area contributed by atoms with Gasteiger partial charge in [-0.1, -0.05) is 37.5 Å². The molecule has 19 heavy (non-hydrogen) atoms. The van der Waals surface area contributed by atoms with Gasteiger partial charge in [0.05, 0.1) is 0 Å². The third-order valence-corrected chi connectivity index (χ3v) is 4.79. The number of hydrogen-bond donors (Lipinski definition) is 1. The number of hydrogen-bond acceptors (Lipinski definition) is 5. The van der Waals surface area contributed by atoms with Crippen LogP contribution < -0.4 is 5.73 Å². The van der Waals surface area contributed by atoms with Crippen LogP contribution >= 0.6 is 11.3 Å². The summed E-state index contributed by atoms with van der Waals surface area (Å²) in [7, 11) is 0. The van der Waals surface area contributed by atoms with Crippen molar-refractivity contribution >= 4 is 16.3 Å². The predicted molar refractivity (Wildman–Crippen MR) is 76.5 cm³/mol. The first-order valence-corrected chi connectivity index (χ1v) is 8.06. The van der Waals surface area contributed by atoms with E-state index >= 15 is 0 Å². The van der Waals surface area contributed by atoms with Crippen LogP contribution in [0.2, 0.25) is 0 Å². The summed E-state index contributed by atoms with van der Waals surface area (Å²) >= 11 is 1.63. The largest absolute Gasteiger partial charge is 0.327 e. The second-order valence-corrected chi connectivity index (χ2v) is 6.52. The molecule has 0 aliphatic heterocycles. The number of fused-ring (bicyclic) bond motifs is 1. The first kappa shape index (κ1) is 13.0. The van der Waals surface area contributed by atoms with Gasteiger partial charge in [0.15, 0.2) is 5.82 Å². The molecule has 0 spiro atoms. The smallest absolute Gasteiger partial charge is 0.234 e. The van der Waals surface area contributed by atoms with E-state index < -0.39 is 0 Å². The van der Waals surface area contributed by atoms with E-state index in [1.165, 1.54) is 25.7 Å². The van der Waals surface area contributed by atoms with Crippen molar-refractivity contribution in [3.05, 3.63) is 10.8 Å². The van der Waals surface area contributed by atoms with Crippen molar-refractivity contribution in [2.45, 2.75) is 63.8 Å². The van der Waals surface area contributed by atoms with Crippen LogP contribution in [0.4, 0.5) is 0 Å². The number of nitrogens with two attached hydrogens (primary N) is 1. The van der Waals surface area contributed by atoms with E-state index in [-0.39, 0.29) is 6.04 Å². The summed E-state index contributed by atoms with van der Waals surface area (Å²) in [5.74, 6) is 1.60. The number of nitrogens with zero attached hydrogens (tertiary/aromatic N) is 4.